The number of nitrogens with zero attached hydrogens (tertiary/aromatic N) is 1. The van der Waals surface area contributed by atoms with Crippen LogP contribution in [-0.4, -0.2) is 43.0 Å². The van der Waals surface area contributed by atoms with Gasteiger partial charge in [0.05, 0.1) is 19.1 Å². The number of guanidine groups is 1. The zero-order valence-corrected chi connectivity index (χ0v) is 13.9. The van der Waals surface area contributed by atoms with Crippen LogP contribution >= 0.6 is 24.0 Å². The van der Waals surface area contributed by atoms with Crippen LogP contribution in [0.4, 0.5) is 13.2 Å². The van der Waals surface area contributed by atoms with Crippen molar-refractivity contribution in [2.24, 2.45) is 10.9 Å². The highest BCUT2D eigenvalue weighted by molar-refractivity contribution is 14.0. The van der Waals surface area contributed by atoms with Gasteiger partial charge >= 0.3 is 6.18 Å². The standard InChI is InChI=1S/C12H22F3N3O.HI/c1-2-16-11(17-7-8-19)18-10-5-3-9(4-6-10)12(13,14)15;/h9-10,19H,2-8H2,1H3,(H2,16,17,18);1H. The van der Waals surface area contributed by atoms with Gasteiger partial charge in [-0.2, -0.15) is 13.2 Å². The topological polar surface area (TPSA) is 56.7 Å². The number of aliphatic hydroxyl groups excluding tert-OH is 1. The van der Waals surface area contributed by atoms with Crippen LogP contribution in [0, 0.1) is 5.92 Å². The minimum Gasteiger partial charge on any atom is -0.394 e. The molecule has 1 fully saturated rings. The first-order valence-corrected chi connectivity index (χ1v) is 6.69. The van der Waals surface area contributed by atoms with Gasteiger partial charge in [0.2, 0.25) is 0 Å². The van der Waals surface area contributed by atoms with Crippen LogP contribution in [0.25, 0.3) is 0 Å². The van der Waals surface area contributed by atoms with Crippen LogP contribution in [0.5, 0.6) is 0 Å². The molecular formula is C12H23F3IN3O. The van der Waals surface area contributed by atoms with Gasteiger partial charge in [0.1, 0.15) is 0 Å². The summed E-state index contributed by atoms with van der Waals surface area (Å²) < 4.78 is 37.6. The van der Waals surface area contributed by atoms with E-state index in [9.17, 15) is 13.2 Å². The van der Waals surface area contributed by atoms with E-state index >= 15 is 0 Å². The Balaban J connectivity index is 0.00000361. The van der Waals surface area contributed by atoms with Crippen LogP contribution in [0.15, 0.2) is 4.99 Å². The number of alkyl halides is 3. The minimum atomic E-state index is -4.07. The summed E-state index contributed by atoms with van der Waals surface area (Å²) >= 11 is 0. The molecule has 1 rings (SSSR count). The highest BCUT2D eigenvalue weighted by Crippen LogP contribution is 2.37. The normalized spacial score (nSPS) is 23.9. The molecule has 0 amide bonds. The molecule has 20 heavy (non-hydrogen) atoms. The SMILES string of the molecule is CCNC(=NCCO)NC1CCC(C(F)(F)F)CC1.I. The smallest absolute Gasteiger partial charge is 0.391 e. The summed E-state index contributed by atoms with van der Waals surface area (Å²) in [5.41, 5.74) is 0. The van der Waals surface area contributed by atoms with E-state index in [4.69, 9.17) is 5.11 Å². The van der Waals surface area contributed by atoms with Crippen molar-refractivity contribution in [1.82, 2.24) is 10.6 Å². The average molecular weight is 409 g/mol. The number of aliphatic imine (C=N–C) groups is 1. The fraction of sp³-hybridized carbons (Fsp3) is 0.917. The molecule has 4 nitrogen and oxygen atoms in total. The molecule has 0 aromatic rings. The summed E-state index contributed by atoms with van der Waals surface area (Å²) in [6.45, 7) is 2.83. The lowest BCUT2D eigenvalue weighted by atomic mass is 9.85. The Bertz CT molecular complexity index is 292. The summed E-state index contributed by atoms with van der Waals surface area (Å²) in [7, 11) is 0. The lowest BCUT2D eigenvalue weighted by Gasteiger charge is -2.31. The van der Waals surface area contributed by atoms with Crippen molar-refractivity contribution in [2.45, 2.75) is 44.8 Å². The lowest BCUT2D eigenvalue weighted by molar-refractivity contribution is -0.182. The summed E-state index contributed by atoms with van der Waals surface area (Å²) in [5.74, 6) is -0.602. The number of halogens is 4. The molecule has 3 N–H and O–H groups in total. The minimum absolute atomic E-state index is 0. The van der Waals surface area contributed by atoms with Gasteiger partial charge in [-0.25, -0.2) is 0 Å². The average Bonchev–Trinajstić information content (AvgIpc) is 2.36. The van der Waals surface area contributed by atoms with Crippen LogP contribution in [0.3, 0.4) is 0 Å². The molecule has 1 saturated carbocycles. The summed E-state index contributed by atoms with van der Waals surface area (Å²) in [5, 5.41) is 14.9. The van der Waals surface area contributed by atoms with Crippen LogP contribution < -0.4 is 10.6 Å². The maximum atomic E-state index is 12.5. The Labute approximate surface area is 134 Å². The van der Waals surface area contributed by atoms with E-state index in [2.05, 4.69) is 15.6 Å². The monoisotopic (exact) mass is 409 g/mol. The van der Waals surface area contributed by atoms with Crippen molar-refractivity contribution >= 4 is 29.9 Å². The van der Waals surface area contributed by atoms with Gasteiger partial charge in [-0.15, -0.1) is 24.0 Å². The number of hydrogen-bond acceptors (Lipinski definition) is 2. The Morgan fingerprint density at radius 1 is 1.25 bits per heavy atom. The Kier molecular flexibility index (Phi) is 9.52. The maximum Gasteiger partial charge on any atom is 0.391 e. The van der Waals surface area contributed by atoms with E-state index in [1.165, 1.54) is 0 Å². The van der Waals surface area contributed by atoms with Gasteiger partial charge in [0.25, 0.3) is 0 Å². The van der Waals surface area contributed by atoms with Crippen molar-refractivity contribution < 1.29 is 18.3 Å². The summed E-state index contributed by atoms with van der Waals surface area (Å²) in [4.78, 5) is 4.12. The fourth-order valence-corrected chi connectivity index (χ4v) is 2.24. The van der Waals surface area contributed by atoms with Crippen LogP contribution in [0.1, 0.15) is 32.6 Å². The van der Waals surface area contributed by atoms with Crippen LogP contribution in [-0.2, 0) is 0 Å². The molecule has 0 spiro atoms. The van der Waals surface area contributed by atoms with E-state index in [0.29, 0.717) is 25.3 Å². The Hall–Kier alpha value is -0.250. The molecule has 0 aromatic heterocycles. The van der Waals surface area contributed by atoms with E-state index in [0.717, 1.165) is 0 Å². The van der Waals surface area contributed by atoms with Crippen molar-refractivity contribution in [3.05, 3.63) is 0 Å². The maximum absolute atomic E-state index is 12.5. The second-order valence-electron chi connectivity index (χ2n) is 4.72. The molecule has 0 atom stereocenters. The van der Waals surface area contributed by atoms with E-state index in [-0.39, 0.29) is 56.0 Å². The zero-order chi connectivity index (χ0) is 14.3. The molecule has 8 heteroatoms. The highest BCUT2D eigenvalue weighted by atomic mass is 127. The molecule has 120 valence electrons. The molecule has 0 aromatic carbocycles. The third kappa shape index (κ3) is 6.96. The molecule has 0 radical (unpaired) electrons. The molecule has 1 aliphatic rings. The largest absolute Gasteiger partial charge is 0.394 e. The van der Waals surface area contributed by atoms with Gasteiger partial charge < -0.3 is 15.7 Å². The van der Waals surface area contributed by atoms with Crippen molar-refractivity contribution in [3.63, 3.8) is 0 Å². The first-order chi connectivity index (χ1) is 8.97. The van der Waals surface area contributed by atoms with Gasteiger partial charge in [-0.1, -0.05) is 0 Å². The Morgan fingerprint density at radius 2 is 1.85 bits per heavy atom. The van der Waals surface area contributed by atoms with E-state index in [1.807, 2.05) is 6.92 Å². The fourth-order valence-electron chi connectivity index (χ4n) is 2.24. The first kappa shape index (κ1) is 19.8. The molecular weight excluding hydrogens is 386 g/mol. The van der Waals surface area contributed by atoms with E-state index < -0.39 is 12.1 Å². The van der Waals surface area contributed by atoms with Crippen molar-refractivity contribution in [2.75, 3.05) is 19.7 Å². The number of rotatable bonds is 4. The number of nitrogens with one attached hydrogen (secondary N) is 2. The second kappa shape index (κ2) is 9.64. The van der Waals surface area contributed by atoms with Crippen molar-refractivity contribution in [3.8, 4) is 0 Å². The number of hydrogen-bond donors (Lipinski definition) is 3. The second-order valence-corrected chi connectivity index (χ2v) is 4.72. The lowest BCUT2D eigenvalue weighted by Crippen LogP contribution is -2.46. The molecule has 0 aliphatic heterocycles. The van der Waals surface area contributed by atoms with Crippen molar-refractivity contribution in [1.29, 1.82) is 0 Å². The predicted molar refractivity (Wildman–Crippen MR) is 83.4 cm³/mol. The van der Waals surface area contributed by atoms with E-state index in [1.54, 1.807) is 0 Å². The molecule has 0 bridgehead atoms. The van der Waals surface area contributed by atoms with Gasteiger partial charge in [-0.3, -0.25) is 4.99 Å². The molecule has 0 heterocycles. The summed E-state index contributed by atoms with van der Waals surface area (Å²) in [6.07, 6.45) is -2.75. The van der Waals surface area contributed by atoms with Crippen LogP contribution in [0.2, 0.25) is 0 Å². The molecule has 0 saturated heterocycles. The van der Waals surface area contributed by atoms with Gasteiger partial charge in [-0.05, 0) is 32.6 Å². The Morgan fingerprint density at radius 3 is 2.30 bits per heavy atom. The third-order valence-electron chi connectivity index (χ3n) is 3.25. The highest BCUT2D eigenvalue weighted by Gasteiger charge is 2.41. The number of aliphatic hydroxyl groups is 1. The quantitative estimate of drug-likeness (QED) is 0.380. The summed E-state index contributed by atoms with van der Waals surface area (Å²) in [6, 6.07) is 0.0232. The molecule has 1 aliphatic carbocycles. The molecule has 0 unspecified atom stereocenters. The zero-order valence-electron chi connectivity index (χ0n) is 11.5. The third-order valence-corrected chi connectivity index (χ3v) is 3.25. The predicted octanol–water partition coefficient (Wildman–Crippen LogP) is 2.27. The first-order valence-electron chi connectivity index (χ1n) is 6.69. The van der Waals surface area contributed by atoms with Gasteiger partial charge in [0, 0.05) is 12.6 Å². The van der Waals surface area contributed by atoms with Gasteiger partial charge in [0.15, 0.2) is 5.96 Å².